The quantitative estimate of drug-likeness (QED) is 0.562. The number of nitrogens with one attached hydrogen (secondary N) is 1. The second-order valence-corrected chi connectivity index (χ2v) is 7.96. The van der Waals surface area contributed by atoms with Crippen LogP contribution in [0.3, 0.4) is 0 Å². The Hall–Kier alpha value is -2.70. The molecule has 0 radical (unpaired) electrons. The van der Waals surface area contributed by atoms with Gasteiger partial charge in [-0.05, 0) is 38.2 Å². The predicted molar refractivity (Wildman–Crippen MR) is 119 cm³/mol. The molecule has 0 aromatic heterocycles. The monoisotopic (exact) mass is 408 g/mol. The molecule has 0 saturated carbocycles. The molecule has 6 heteroatoms. The predicted octanol–water partition coefficient (Wildman–Crippen LogP) is 1.99. The van der Waals surface area contributed by atoms with Crippen LogP contribution >= 0.6 is 0 Å². The van der Waals surface area contributed by atoms with E-state index in [1.165, 1.54) is 11.1 Å². The molecule has 1 heterocycles. The highest BCUT2D eigenvalue weighted by atomic mass is 16.2. The minimum absolute atomic E-state index is 0.143. The molecule has 1 saturated heterocycles. The van der Waals surface area contributed by atoms with Crippen LogP contribution in [-0.4, -0.2) is 79.9 Å². The summed E-state index contributed by atoms with van der Waals surface area (Å²) in [4.78, 5) is 30.9. The first kappa shape index (κ1) is 22.0. The number of hydrogen-bond donors (Lipinski definition) is 1. The lowest BCUT2D eigenvalue weighted by molar-refractivity contribution is -0.147. The highest BCUT2D eigenvalue weighted by Crippen LogP contribution is 2.29. The van der Waals surface area contributed by atoms with Crippen LogP contribution in [-0.2, 0) is 9.59 Å². The van der Waals surface area contributed by atoms with Gasteiger partial charge in [0.1, 0.15) is 0 Å². The molecule has 1 fully saturated rings. The van der Waals surface area contributed by atoms with Gasteiger partial charge in [-0.2, -0.15) is 0 Å². The average Bonchev–Trinajstić information content (AvgIpc) is 2.78. The summed E-state index contributed by atoms with van der Waals surface area (Å²) in [5.41, 5.74) is 2.48. The fraction of sp³-hybridized carbons (Fsp3) is 0.417. The normalized spacial score (nSPS) is 14.9. The van der Waals surface area contributed by atoms with Crippen molar-refractivity contribution in [2.24, 2.45) is 0 Å². The fourth-order valence-corrected chi connectivity index (χ4v) is 3.88. The van der Waals surface area contributed by atoms with E-state index >= 15 is 0 Å². The van der Waals surface area contributed by atoms with Gasteiger partial charge in [0.2, 0.25) is 0 Å². The maximum atomic E-state index is 12.5. The summed E-state index contributed by atoms with van der Waals surface area (Å²) in [6.07, 6.45) is 0.829. The first-order valence-corrected chi connectivity index (χ1v) is 10.6. The Morgan fingerprint density at radius 3 is 1.93 bits per heavy atom. The van der Waals surface area contributed by atoms with Gasteiger partial charge in [0.05, 0.1) is 6.04 Å². The van der Waals surface area contributed by atoms with Gasteiger partial charge in [0.15, 0.2) is 0 Å². The summed E-state index contributed by atoms with van der Waals surface area (Å²) < 4.78 is 0. The van der Waals surface area contributed by atoms with Gasteiger partial charge in [-0.3, -0.25) is 14.5 Å². The molecule has 160 valence electrons. The topological polar surface area (TPSA) is 55.9 Å². The van der Waals surface area contributed by atoms with Crippen molar-refractivity contribution in [2.45, 2.75) is 12.5 Å². The summed E-state index contributed by atoms with van der Waals surface area (Å²) in [5.74, 6) is -0.916. The molecule has 2 amide bonds. The van der Waals surface area contributed by atoms with Crippen molar-refractivity contribution >= 4 is 11.8 Å². The highest BCUT2D eigenvalue weighted by Gasteiger charge is 2.30. The SMILES string of the molecule is CN(C)CCCNC(=O)C(=O)N1CCN(C(c2ccccc2)c2ccccc2)CC1. The zero-order chi connectivity index (χ0) is 21.3. The minimum atomic E-state index is -0.495. The molecule has 1 N–H and O–H groups in total. The number of carbonyl (C=O) groups is 2. The van der Waals surface area contributed by atoms with Crippen molar-refractivity contribution in [3.8, 4) is 0 Å². The zero-order valence-corrected chi connectivity index (χ0v) is 18.0. The Balaban J connectivity index is 1.59. The number of benzene rings is 2. The molecular weight excluding hydrogens is 376 g/mol. The third-order valence-corrected chi connectivity index (χ3v) is 5.46. The lowest BCUT2D eigenvalue weighted by Gasteiger charge is -2.39. The molecule has 2 aromatic carbocycles. The van der Waals surface area contributed by atoms with E-state index in [4.69, 9.17) is 0 Å². The first-order valence-electron chi connectivity index (χ1n) is 10.6. The minimum Gasteiger partial charge on any atom is -0.348 e. The van der Waals surface area contributed by atoms with Crippen LogP contribution in [0.25, 0.3) is 0 Å². The molecule has 0 atom stereocenters. The number of rotatable bonds is 7. The number of hydrogen-bond acceptors (Lipinski definition) is 4. The summed E-state index contributed by atoms with van der Waals surface area (Å²) in [6, 6.07) is 21.0. The molecule has 6 nitrogen and oxygen atoms in total. The van der Waals surface area contributed by atoms with Crippen LogP contribution in [0.2, 0.25) is 0 Å². The van der Waals surface area contributed by atoms with Gasteiger partial charge in [-0.15, -0.1) is 0 Å². The van der Waals surface area contributed by atoms with Crippen LogP contribution in [0.4, 0.5) is 0 Å². The molecule has 0 spiro atoms. The summed E-state index contributed by atoms with van der Waals surface area (Å²) in [7, 11) is 3.98. The Labute approximate surface area is 179 Å². The molecule has 2 aromatic rings. The van der Waals surface area contributed by atoms with Gasteiger partial charge in [-0.25, -0.2) is 0 Å². The lowest BCUT2D eigenvalue weighted by atomic mass is 9.96. The Morgan fingerprint density at radius 2 is 1.43 bits per heavy atom. The summed E-state index contributed by atoms with van der Waals surface area (Å²) >= 11 is 0. The average molecular weight is 409 g/mol. The van der Waals surface area contributed by atoms with Crippen molar-refractivity contribution < 1.29 is 9.59 Å². The molecule has 0 aliphatic carbocycles. The molecular formula is C24H32N4O2. The third kappa shape index (κ3) is 5.90. The Morgan fingerprint density at radius 1 is 0.900 bits per heavy atom. The van der Waals surface area contributed by atoms with Crippen LogP contribution < -0.4 is 5.32 Å². The standard InChI is InChI=1S/C24H32N4O2/c1-26(2)15-9-14-25-23(29)24(30)28-18-16-27(17-19-28)22(20-10-5-3-6-11-20)21-12-7-4-8-13-21/h3-8,10-13,22H,9,14-19H2,1-2H3,(H,25,29). The van der Waals surface area contributed by atoms with Gasteiger partial charge >= 0.3 is 11.8 Å². The van der Waals surface area contributed by atoms with E-state index in [0.717, 1.165) is 26.1 Å². The van der Waals surface area contributed by atoms with E-state index in [2.05, 4.69) is 63.6 Å². The van der Waals surface area contributed by atoms with Crippen LogP contribution in [0.1, 0.15) is 23.6 Å². The van der Waals surface area contributed by atoms with E-state index < -0.39 is 11.8 Å². The van der Waals surface area contributed by atoms with E-state index in [1.54, 1.807) is 4.90 Å². The number of amides is 2. The van der Waals surface area contributed by atoms with Crippen LogP contribution in [0.5, 0.6) is 0 Å². The first-order chi connectivity index (χ1) is 14.6. The second-order valence-electron chi connectivity index (χ2n) is 7.96. The zero-order valence-electron chi connectivity index (χ0n) is 18.0. The van der Waals surface area contributed by atoms with E-state index in [0.29, 0.717) is 19.6 Å². The smallest absolute Gasteiger partial charge is 0.311 e. The van der Waals surface area contributed by atoms with Crippen LogP contribution in [0.15, 0.2) is 60.7 Å². The van der Waals surface area contributed by atoms with E-state index in [-0.39, 0.29) is 6.04 Å². The van der Waals surface area contributed by atoms with E-state index in [1.807, 2.05) is 26.2 Å². The number of nitrogens with zero attached hydrogens (tertiary/aromatic N) is 3. The van der Waals surface area contributed by atoms with Gasteiger partial charge < -0.3 is 15.1 Å². The van der Waals surface area contributed by atoms with Crippen molar-refractivity contribution in [3.63, 3.8) is 0 Å². The van der Waals surface area contributed by atoms with Gasteiger partial charge in [0.25, 0.3) is 0 Å². The molecule has 0 unspecified atom stereocenters. The van der Waals surface area contributed by atoms with E-state index in [9.17, 15) is 9.59 Å². The Kier molecular flexibility index (Phi) is 7.99. The maximum absolute atomic E-state index is 12.5. The van der Waals surface area contributed by atoms with Gasteiger partial charge in [0, 0.05) is 32.7 Å². The van der Waals surface area contributed by atoms with Crippen molar-refractivity contribution in [1.29, 1.82) is 0 Å². The van der Waals surface area contributed by atoms with Crippen molar-refractivity contribution in [2.75, 3.05) is 53.4 Å². The lowest BCUT2D eigenvalue weighted by Crippen LogP contribution is -2.53. The highest BCUT2D eigenvalue weighted by molar-refractivity contribution is 6.35. The molecule has 1 aliphatic heterocycles. The molecule has 30 heavy (non-hydrogen) atoms. The summed E-state index contributed by atoms with van der Waals surface area (Å²) in [5, 5.41) is 2.75. The largest absolute Gasteiger partial charge is 0.348 e. The molecule has 1 aliphatic rings. The number of piperazine rings is 1. The molecule has 3 rings (SSSR count). The Bertz CT molecular complexity index is 763. The summed E-state index contributed by atoms with van der Waals surface area (Å²) in [6.45, 7) is 3.97. The van der Waals surface area contributed by atoms with Crippen LogP contribution in [0, 0.1) is 0 Å². The fourth-order valence-electron chi connectivity index (χ4n) is 3.88. The number of carbonyl (C=O) groups excluding carboxylic acids is 2. The third-order valence-electron chi connectivity index (χ3n) is 5.46. The van der Waals surface area contributed by atoms with Crippen molar-refractivity contribution in [1.82, 2.24) is 20.0 Å². The van der Waals surface area contributed by atoms with Crippen molar-refractivity contribution in [3.05, 3.63) is 71.8 Å². The maximum Gasteiger partial charge on any atom is 0.311 e. The molecule has 0 bridgehead atoms. The van der Waals surface area contributed by atoms with Gasteiger partial charge in [-0.1, -0.05) is 60.7 Å². The second kappa shape index (κ2) is 10.9.